The lowest BCUT2D eigenvalue weighted by atomic mass is 9.58. The van der Waals surface area contributed by atoms with Crippen molar-refractivity contribution >= 4 is 69.8 Å². The van der Waals surface area contributed by atoms with Crippen molar-refractivity contribution in [3.63, 3.8) is 0 Å². The zero-order valence-electron chi connectivity index (χ0n) is 16.9. The number of nitrogens with one attached hydrogen (secondary N) is 4. The summed E-state index contributed by atoms with van der Waals surface area (Å²) in [5.41, 5.74) is 0.922. The zero-order valence-corrected chi connectivity index (χ0v) is 19.9. The summed E-state index contributed by atoms with van der Waals surface area (Å²) >= 11 is 23.7. The Morgan fingerprint density at radius 3 is 1.87 bits per heavy atom. The van der Waals surface area contributed by atoms with E-state index in [1.54, 1.807) is 36.4 Å². The van der Waals surface area contributed by atoms with E-state index in [0.717, 1.165) is 6.42 Å². The number of hydrogen-bond acceptors (Lipinski definition) is 2. The third kappa shape index (κ3) is 5.89. The monoisotopic (exact) mass is 502 g/mol. The molecule has 0 aliphatic heterocycles. The minimum absolute atomic E-state index is 0.0276. The summed E-state index contributed by atoms with van der Waals surface area (Å²) in [6.07, 6.45) is 0.745. The van der Waals surface area contributed by atoms with Crippen LogP contribution in [-0.2, 0) is 0 Å². The van der Waals surface area contributed by atoms with Gasteiger partial charge in [-0.15, -0.1) is 0 Å². The van der Waals surface area contributed by atoms with Crippen LogP contribution >= 0.6 is 46.4 Å². The maximum absolute atomic E-state index is 12.3. The molecular weight excluding hydrogens is 482 g/mol. The highest BCUT2D eigenvalue weighted by atomic mass is 35.5. The van der Waals surface area contributed by atoms with Crippen molar-refractivity contribution < 1.29 is 9.59 Å². The molecule has 0 radical (unpaired) electrons. The van der Waals surface area contributed by atoms with E-state index < -0.39 is 0 Å². The van der Waals surface area contributed by atoms with E-state index >= 15 is 0 Å². The van der Waals surface area contributed by atoms with Crippen molar-refractivity contribution in [2.45, 2.75) is 26.3 Å². The van der Waals surface area contributed by atoms with Crippen LogP contribution in [0.25, 0.3) is 0 Å². The average molecular weight is 504 g/mol. The van der Waals surface area contributed by atoms with Gasteiger partial charge in [0.25, 0.3) is 0 Å². The van der Waals surface area contributed by atoms with Crippen LogP contribution in [0.15, 0.2) is 36.4 Å². The summed E-state index contributed by atoms with van der Waals surface area (Å²) in [7, 11) is 0. The van der Waals surface area contributed by atoms with Gasteiger partial charge in [0.2, 0.25) is 0 Å². The zero-order chi connectivity index (χ0) is 22.8. The number of carbonyl (C=O) groups is 2. The first-order chi connectivity index (χ1) is 14.6. The number of amides is 4. The van der Waals surface area contributed by atoms with E-state index in [4.69, 9.17) is 46.4 Å². The minimum atomic E-state index is -0.331. The van der Waals surface area contributed by atoms with Crippen molar-refractivity contribution in [3.05, 3.63) is 56.5 Å². The summed E-state index contributed by atoms with van der Waals surface area (Å²) in [6, 6.07) is 9.10. The van der Waals surface area contributed by atoms with Crippen LogP contribution in [0.2, 0.25) is 20.1 Å². The number of anilines is 2. The molecule has 10 heteroatoms. The Labute approximate surface area is 201 Å². The maximum Gasteiger partial charge on any atom is 0.319 e. The Hall–Kier alpha value is -1.86. The second kappa shape index (κ2) is 9.74. The quantitative estimate of drug-likeness (QED) is 0.368. The van der Waals surface area contributed by atoms with Gasteiger partial charge in [-0.2, -0.15) is 0 Å². The maximum atomic E-state index is 12.3. The lowest BCUT2D eigenvalue weighted by Gasteiger charge is -2.52. The molecule has 1 aliphatic rings. The van der Waals surface area contributed by atoms with Crippen LogP contribution in [-0.4, -0.2) is 24.6 Å². The fourth-order valence-corrected chi connectivity index (χ4v) is 4.07. The summed E-state index contributed by atoms with van der Waals surface area (Å²) in [6.45, 7) is 4.60. The molecule has 4 N–H and O–H groups in total. The van der Waals surface area contributed by atoms with Crippen molar-refractivity contribution in [1.82, 2.24) is 10.6 Å². The van der Waals surface area contributed by atoms with E-state index in [1.807, 2.05) is 0 Å². The van der Waals surface area contributed by atoms with Gasteiger partial charge in [0.15, 0.2) is 0 Å². The second-order valence-corrected chi connectivity index (χ2v) is 9.63. The van der Waals surface area contributed by atoms with E-state index in [9.17, 15) is 9.59 Å². The molecule has 1 saturated carbocycles. The Kier molecular flexibility index (Phi) is 7.47. The fraction of sp³-hybridized carbons (Fsp3) is 0.333. The van der Waals surface area contributed by atoms with Gasteiger partial charge in [-0.25, -0.2) is 9.59 Å². The third-order valence-electron chi connectivity index (χ3n) is 5.64. The molecule has 0 saturated heterocycles. The molecule has 4 amide bonds. The molecule has 0 bridgehead atoms. The molecule has 0 aromatic heterocycles. The SMILES string of the molecule is CC1(C)[C@H](CNC(=O)Nc2ccc(Cl)c(Cl)c2)C[C@H]1NC(=O)Nc1ccc(Cl)c(Cl)c1. The van der Waals surface area contributed by atoms with Crippen molar-refractivity contribution in [3.8, 4) is 0 Å². The molecule has 0 unspecified atom stereocenters. The minimum Gasteiger partial charge on any atom is -0.338 e. The first-order valence-corrected chi connectivity index (χ1v) is 11.1. The average Bonchev–Trinajstić information content (AvgIpc) is 2.69. The Balaban J connectivity index is 1.45. The lowest BCUT2D eigenvalue weighted by molar-refractivity contribution is 0.0244. The van der Waals surface area contributed by atoms with Gasteiger partial charge >= 0.3 is 12.1 Å². The number of carbonyl (C=O) groups excluding carboxylic acids is 2. The van der Waals surface area contributed by atoms with E-state index in [1.165, 1.54) is 0 Å². The highest BCUT2D eigenvalue weighted by Crippen LogP contribution is 2.45. The predicted molar refractivity (Wildman–Crippen MR) is 128 cm³/mol. The van der Waals surface area contributed by atoms with Gasteiger partial charge in [-0.1, -0.05) is 60.3 Å². The normalized spacial score (nSPS) is 19.2. The fourth-order valence-electron chi connectivity index (χ4n) is 3.47. The van der Waals surface area contributed by atoms with Crippen molar-refractivity contribution in [2.24, 2.45) is 11.3 Å². The molecule has 166 valence electrons. The highest BCUT2D eigenvalue weighted by molar-refractivity contribution is 6.42. The van der Waals surface area contributed by atoms with Crippen LogP contribution in [0.4, 0.5) is 21.0 Å². The number of urea groups is 2. The summed E-state index contributed by atoms with van der Waals surface area (Å²) in [5, 5.41) is 12.9. The Bertz CT molecular complexity index is 999. The molecule has 3 rings (SSSR count). The molecule has 2 aromatic carbocycles. The number of benzene rings is 2. The molecule has 6 nitrogen and oxygen atoms in total. The van der Waals surface area contributed by atoms with Gasteiger partial charge < -0.3 is 21.3 Å². The Morgan fingerprint density at radius 2 is 1.39 bits per heavy atom. The van der Waals surface area contributed by atoms with Crippen LogP contribution in [0.3, 0.4) is 0 Å². The van der Waals surface area contributed by atoms with Crippen molar-refractivity contribution in [1.29, 1.82) is 0 Å². The third-order valence-corrected chi connectivity index (χ3v) is 7.12. The summed E-state index contributed by atoms with van der Waals surface area (Å²) < 4.78 is 0. The van der Waals surface area contributed by atoms with Crippen LogP contribution in [0.5, 0.6) is 0 Å². The van der Waals surface area contributed by atoms with Gasteiger partial charge in [-0.3, -0.25) is 0 Å². The van der Waals surface area contributed by atoms with Crippen LogP contribution < -0.4 is 21.3 Å². The molecule has 1 aliphatic carbocycles. The highest BCUT2D eigenvalue weighted by Gasteiger charge is 2.48. The van der Waals surface area contributed by atoms with Crippen LogP contribution in [0.1, 0.15) is 20.3 Å². The Morgan fingerprint density at radius 1 is 0.871 bits per heavy atom. The van der Waals surface area contributed by atoms with E-state index in [0.29, 0.717) is 38.0 Å². The topological polar surface area (TPSA) is 82.3 Å². The first kappa shape index (κ1) is 23.8. The van der Waals surface area contributed by atoms with E-state index in [-0.39, 0.29) is 29.4 Å². The van der Waals surface area contributed by atoms with Crippen molar-refractivity contribution in [2.75, 3.05) is 17.2 Å². The predicted octanol–water partition coefficient (Wildman–Crippen LogP) is 6.66. The largest absolute Gasteiger partial charge is 0.338 e. The van der Waals surface area contributed by atoms with Gasteiger partial charge in [0.05, 0.1) is 20.1 Å². The van der Waals surface area contributed by atoms with Crippen LogP contribution in [0, 0.1) is 11.3 Å². The number of halogens is 4. The molecule has 0 heterocycles. The first-order valence-electron chi connectivity index (χ1n) is 9.58. The smallest absolute Gasteiger partial charge is 0.319 e. The van der Waals surface area contributed by atoms with Gasteiger partial charge in [0.1, 0.15) is 0 Å². The molecule has 2 atom stereocenters. The lowest BCUT2D eigenvalue weighted by Crippen LogP contribution is -2.61. The standard InChI is InChI=1S/C21H22Cl4N4O2/c1-21(2)11(10-26-19(30)27-12-3-5-14(22)16(24)8-12)7-18(21)29-20(31)28-13-4-6-15(23)17(25)9-13/h3-6,8-9,11,18H,7,10H2,1-2H3,(H2,26,27,30)(H2,28,29,31)/t11-,18+/m0/s1. The molecule has 31 heavy (non-hydrogen) atoms. The van der Waals surface area contributed by atoms with E-state index in [2.05, 4.69) is 35.1 Å². The number of hydrogen-bond donors (Lipinski definition) is 4. The van der Waals surface area contributed by atoms with Gasteiger partial charge in [-0.05, 0) is 54.2 Å². The molecule has 0 spiro atoms. The molecule has 2 aromatic rings. The second-order valence-electron chi connectivity index (χ2n) is 8.00. The number of rotatable bonds is 5. The van der Waals surface area contributed by atoms with Gasteiger partial charge in [0, 0.05) is 24.0 Å². The molecular formula is C21H22Cl4N4O2. The summed E-state index contributed by atoms with van der Waals surface area (Å²) in [5.74, 6) is 0.210. The molecule has 1 fully saturated rings. The summed E-state index contributed by atoms with van der Waals surface area (Å²) in [4.78, 5) is 24.5.